The van der Waals surface area contributed by atoms with Crippen LogP contribution in [0.5, 0.6) is 0 Å². The van der Waals surface area contributed by atoms with Crippen LogP contribution in [0.15, 0.2) is 23.0 Å². The minimum Gasteiger partial charge on any atom is -0.378 e. The number of hydrogen-bond acceptors (Lipinski definition) is 4. The van der Waals surface area contributed by atoms with E-state index >= 15 is 0 Å². The van der Waals surface area contributed by atoms with Crippen molar-refractivity contribution in [1.82, 2.24) is 15.3 Å². The van der Waals surface area contributed by atoms with Crippen LogP contribution in [0, 0.1) is 10.2 Å². The van der Waals surface area contributed by atoms with Crippen LogP contribution in [0.25, 0.3) is 10.9 Å². The number of aromatic amines is 2. The second-order valence-corrected chi connectivity index (χ2v) is 7.37. The number of amides is 1. The summed E-state index contributed by atoms with van der Waals surface area (Å²) >= 11 is 5.00. The van der Waals surface area contributed by atoms with E-state index in [0.717, 1.165) is 19.3 Å². The van der Waals surface area contributed by atoms with Gasteiger partial charge in [-0.1, -0.05) is 6.42 Å². The van der Waals surface area contributed by atoms with Gasteiger partial charge in [-0.3, -0.25) is 14.6 Å². The van der Waals surface area contributed by atoms with Crippen LogP contribution in [0.1, 0.15) is 43.0 Å². The molecule has 3 N–H and O–H groups in total. The maximum Gasteiger partial charge on any atom is 0.259 e. The summed E-state index contributed by atoms with van der Waals surface area (Å²) in [6, 6.07) is 5.17. The third-order valence-electron chi connectivity index (χ3n) is 5.74. The Morgan fingerprint density at radius 2 is 2.20 bits per heavy atom. The van der Waals surface area contributed by atoms with E-state index in [1.54, 1.807) is 18.2 Å². The van der Waals surface area contributed by atoms with Crippen molar-refractivity contribution in [1.29, 1.82) is 0 Å². The van der Waals surface area contributed by atoms with Gasteiger partial charge in [-0.25, -0.2) is 0 Å². The van der Waals surface area contributed by atoms with E-state index in [4.69, 9.17) is 17.0 Å². The lowest BCUT2D eigenvalue weighted by atomic mass is 9.51. The first-order chi connectivity index (χ1) is 12.0. The molecule has 25 heavy (non-hydrogen) atoms. The van der Waals surface area contributed by atoms with Crippen molar-refractivity contribution in [2.75, 3.05) is 6.61 Å². The number of benzene rings is 1. The summed E-state index contributed by atoms with van der Waals surface area (Å²) in [4.78, 5) is 30.0. The van der Waals surface area contributed by atoms with Gasteiger partial charge in [-0.15, -0.1) is 0 Å². The summed E-state index contributed by atoms with van der Waals surface area (Å²) < 4.78 is 6.08. The second kappa shape index (κ2) is 6.07. The molecule has 0 saturated heterocycles. The van der Waals surface area contributed by atoms with Gasteiger partial charge in [-0.05, 0) is 56.6 Å². The highest BCUT2D eigenvalue weighted by Crippen LogP contribution is 2.57. The molecule has 2 aromatic rings. The first kappa shape index (κ1) is 16.5. The van der Waals surface area contributed by atoms with Gasteiger partial charge in [0, 0.05) is 23.6 Å². The number of nitrogens with one attached hydrogen (secondary N) is 3. The van der Waals surface area contributed by atoms with E-state index < -0.39 is 0 Å². The SMILES string of the molecule is CCO[C@H]1C[C@@H](NC(=O)c2ccc3c(=O)[nH]c(=S)[nH]c3c2)C12CCC2. The van der Waals surface area contributed by atoms with Gasteiger partial charge in [0.25, 0.3) is 11.5 Å². The van der Waals surface area contributed by atoms with Gasteiger partial charge in [-0.2, -0.15) is 0 Å². The molecule has 6 nitrogen and oxygen atoms in total. The molecular formula is C18H21N3O3S. The van der Waals surface area contributed by atoms with Crippen molar-refractivity contribution in [3.63, 3.8) is 0 Å². The lowest BCUT2D eigenvalue weighted by Crippen LogP contribution is -2.67. The Morgan fingerprint density at radius 3 is 2.88 bits per heavy atom. The van der Waals surface area contributed by atoms with E-state index in [1.165, 1.54) is 6.42 Å². The summed E-state index contributed by atoms with van der Waals surface area (Å²) in [7, 11) is 0. The minimum absolute atomic E-state index is 0.118. The Hall–Kier alpha value is -1.99. The summed E-state index contributed by atoms with van der Waals surface area (Å²) in [5, 5.41) is 3.65. The van der Waals surface area contributed by atoms with Crippen LogP contribution in [-0.4, -0.2) is 34.6 Å². The van der Waals surface area contributed by atoms with Crippen molar-refractivity contribution in [2.45, 2.75) is 44.8 Å². The molecule has 1 aromatic heterocycles. The highest BCUT2D eigenvalue weighted by Gasteiger charge is 2.59. The van der Waals surface area contributed by atoms with Gasteiger partial charge in [0.2, 0.25) is 0 Å². The smallest absolute Gasteiger partial charge is 0.259 e. The summed E-state index contributed by atoms with van der Waals surface area (Å²) in [6.07, 6.45) is 4.56. The Balaban J connectivity index is 1.55. The molecule has 132 valence electrons. The normalized spacial score (nSPS) is 23.9. The lowest BCUT2D eigenvalue weighted by Gasteiger charge is -2.61. The fourth-order valence-corrected chi connectivity index (χ4v) is 4.40. The minimum atomic E-state index is -0.252. The number of ether oxygens (including phenoxy) is 1. The largest absolute Gasteiger partial charge is 0.378 e. The highest BCUT2D eigenvalue weighted by atomic mass is 32.1. The number of hydrogen-bond donors (Lipinski definition) is 3. The zero-order valence-corrected chi connectivity index (χ0v) is 14.9. The quantitative estimate of drug-likeness (QED) is 0.733. The van der Waals surface area contributed by atoms with Gasteiger partial charge in [0.05, 0.1) is 17.0 Å². The molecule has 4 rings (SSSR count). The Kier molecular flexibility index (Phi) is 4.00. The monoisotopic (exact) mass is 359 g/mol. The van der Waals surface area contributed by atoms with E-state index in [2.05, 4.69) is 15.3 Å². The molecule has 1 spiro atoms. The third kappa shape index (κ3) is 2.62. The van der Waals surface area contributed by atoms with Crippen LogP contribution < -0.4 is 10.9 Å². The van der Waals surface area contributed by atoms with Crippen molar-refractivity contribution in [3.8, 4) is 0 Å². The van der Waals surface area contributed by atoms with Crippen molar-refractivity contribution in [2.24, 2.45) is 5.41 Å². The molecule has 2 aliphatic carbocycles. The molecule has 1 heterocycles. The average molecular weight is 359 g/mol. The van der Waals surface area contributed by atoms with Gasteiger partial charge in [0.1, 0.15) is 0 Å². The number of H-pyrrole nitrogens is 2. The van der Waals surface area contributed by atoms with Gasteiger partial charge < -0.3 is 15.0 Å². The number of rotatable bonds is 4. The molecule has 2 fully saturated rings. The maximum absolute atomic E-state index is 12.7. The molecule has 0 unspecified atom stereocenters. The van der Waals surface area contributed by atoms with Crippen molar-refractivity contribution in [3.05, 3.63) is 38.9 Å². The number of carbonyl (C=O) groups is 1. The first-order valence-electron chi connectivity index (χ1n) is 8.72. The number of carbonyl (C=O) groups excluding carboxylic acids is 1. The number of aromatic nitrogens is 2. The molecule has 2 aliphatic rings. The predicted molar refractivity (Wildman–Crippen MR) is 97.3 cm³/mol. The third-order valence-corrected chi connectivity index (χ3v) is 5.95. The first-order valence-corrected chi connectivity index (χ1v) is 9.13. The van der Waals surface area contributed by atoms with Crippen LogP contribution >= 0.6 is 12.2 Å². The maximum atomic E-state index is 12.7. The van der Waals surface area contributed by atoms with Crippen molar-refractivity contribution < 1.29 is 9.53 Å². The summed E-state index contributed by atoms with van der Waals surface area (Å²) in [5.74, 6) is -0.118. The topological polar surface area (TPSA) is 87.0 Å². The standard InChI is InChI=1S/C18H21N3O3S/c1-2-24-14-9-13(18(14)6-3-7-18)20-15(22)10-4-5-11-12(8-10)19-17(25)21-16(11)23/h4-5,8,13-14H,2-3,6-7,9H2,1H3,(H,20,22)(H2,19,21,23,25)/t13-,14+/m1/s1. The average Bonchev–Trinajstić information content (AvgIpc) is 2.51. The summed E-state index contributed by atoms with van der Waals surface area (Å²) in [6.45, 7) is 2.73. The fraction of sp³-hybridized carbons (Fsp3) is 0.500. The van der Waals surface area contributed by atoms with E-state index in [0.29, 0.717) is 23.1 Å². The Bertz CT molecular complexity index is 944. The van der Waals surface area contributed by atoms with E-state index in [1.807, 2.05) is 6.92 Å². The molecule has 7 heteroatoms. The lowest BCUT2D eigenvalue weighted by molar-refractivity contribution is -0.169. The predicted octanol–water partition coefficient (Wildman–Crippen LogP) is 2.66. The van der Waals surface area contributed by atoms with E-state index in [9.17, 15) is 9.59 Å². The van der Waals surface area contributed by atoms with Crippen LogP contribution in [0.2, 0.25) is 0 Å². The van der Waals surface area contributed by atoms with Crippen molar-refractivity contribution >= 4 is 29.0 Å². The Labute approximate surface area is 150 Å². The Morgan fingerprint density at radius 1 is 1.40 bits per heavy atom. The highest BCUT2D eigenvalue weighted by molar-refractivity contribution is 7.71. The second-order valence-electron chi connectivity index (χ2n) is 6.96. The van der Waals surface area contributed by atoms with Gasteiger partial charge in [0.15, 0.2) is 4.77 Å². The molecule has 2 atom stereocenters. The van der Waals surface area contributed by atoms with Crippen LogP contribution in [-0.2, 0) is 4.74 Å². The van der Waals surface area contributed by atoms with Gasteiger partial charge >= 0.3 is 0 Å². The van der Waals surface area contributed by atoms with Crippen LogP contribution in [0.4, 0.5) is 0 Å². The molecule has 1 amide bonds. The number of fused-ring (bicyclic) bond motifs is 1. The zero-order chi connectivity index (χ0) is 17.6. The summed E-state index contributed by atoms with van der Waals surface area (Å²) in [5.41, 5.74) is 0.968. The van der Waals surface area contributed by atoms with Crippen LogP contribution in [0.3, 0.4) is 0 Å². The van der Waals surface area contributed by atoms with E-state index in [-0.39, 0.29) is 33.8 Å². The molecule has 2 saturated carbocycles. The zero-order valence-electron chi connectivity index (χ0n) is 14.1. The molecule has 0 aliphatic heterocycles. The molecule has 0 bridgehead atoms. The fourth-order valence-electron chi connectivity index (χ4n) is 4.19. The molecular weight excluding hydrogens is 338 g/mol. The molecule has 1 aromatic carbocycles. The molecule has 0 radical (unpaired) electrons.